The van der Waals surface area contributed by atoms with Crippen molar-refractivity contribution in [1.29, 1.82) is 0 Å². The Kier molecular flexibility index (Phi) is 5.65. The molecule has 0 aromatic rings. The van der Waals surface area contributed by atoms with Gasteiger partial charge < -0.3 is 14.7 Å². The van der Waals surface area contributed by atoms with Gasteiger partial charge in [-0.3, -0.25) is 4.79 Å². The van der Waals surface area contributed by atoms with E-state index < -0.39 is 33.9 Å². The van der Waals surface area contributed by atoms with Crippen LogP contribution in [0.25, 0.3) is 0 Å². The van der Waals surface area contributed by atoms with Gasteiger partial charge in [0.1, 0.15) is 11.6 Å². The lowest BCUT2D eigenvalue weighted by Gasteiger charge is -2.41. The zero-order valence-electron chi connectivity index (χ0n) is 15.1. The van der Waals surface area contributed by atoms with E-state index in [1.54, 1.807) is 25.7 Å². The molecule has 0 aromatic heterocycles. The molecule has 0 aromatic carbocycles. The summed E-state index contributed by atoms with van der Waals surface area (Å²) < 4.78 is 33.1. The normalized spacial score (nSPS) is 28.6. The number of nitrogens with zero attached hydrogens (tertiary/aromatic N) is 2. The summed E-state index contributed by atoms with van der Waals surface area (Å²) in [6, 6.07) is -1.51. The fraction of sp³-hybridized carbons (Fsp3) is 0.867. The summed E-state index contributed by atoms with van der Waals surface area (Å²) in [6.07, 6.45) is 1.03. The first-order valence-electron chi connectivity index (χ1n) is 8.37. The molecule has 0 radical (unpaired) electrons. The summed E-state index contributed by atoms with van der Waals surface area (Å²) in [5.41, 5.74) is -0.563. The Morgan fingerprint density at radius 3 is 2.24 bits per heavy atom. The number of amides is 1. The van der Waals surface area contributed by atoms with Gasteiger partial charge in [0.05, 0.1) is 0 Å². The van der Waals surface area contributed by atoms with Crippen molar-refractivity contribution in [3.63, 3.8) is 0 Å². The summed E-state index contributed by atoms with van der Waals surface area (Å²) in [5, 5.41) is 9.28. The summed E-state index contributed by atoms with van der Waals surface area (Å²) in [6.45, 7) is 6.34. The number of rotatable bonds is 2. The third-order valence-electron chi connectivity index (χ3n) is 4.64. The summed E-state index contributed by atoms with van der Waals surface area (Å²) >= 11 is 0. The number of hydrogen-bond acceptors (Lipinski definition) is 5. The average molecular weight is 377 g/mol. The van der Waals surface area contributed by atoms with Crippen molar-refractivity contribution < 1.29 is 27.9 Å². The van der Waals surface area contributed by atoms with Gasteiger partial charge in [-0.25, -0.2) is 4.79 Å². The lowest BCUT2D eigenvalue weighted by atomic mass is 9.86. The Balaban J connectivity index is 1.98. The van der Waals surface area contributed by atoms with E-state index in [0.717, 1.165) is 4.31 Å². The number of carboxylic acids is 1. The predicted molar refractivity (Wildman–Crippen MR) is 90.2 cm³/mol. The van der Waals surface area contributed by atoms with Crippen molar-refractivity contribution in [3.8, 4) is 0 Å². The van der Waals surface area contributed by atoms with Crippen LogP contribution in [0.5, 0.6) is 0 Å². The molecule has 144 valence electrons. The quantitative estimate of drug-likeness (QED) is 0.729. The Morgan fingerprint density at radius 2 is 1.76 bits per heavy atom. The number of nitrogens with one attached hydrogen (secondary N) is 1. The molecule has 0 aliphatic carbocycles. The van der Waals surface area contributed by atoms with Crippen molar-refractivity contribution in [2.24, 2.45) is 5.92 Å². The molecule has 0 saturated carbocycles. The highest BCUT2D eigenvalue weighted by atomic mass is 32.2. The second-order valence-electron chi connectivity index (χ2n) is 7.64. The molecule has 9 nitrogen and oxygen atoms in total. The van der Waals surface area contributed by atoms with Crippen LogP contribution in [0.2, 0.25) is 0 Å². The zero-order chi connectivity index (χ0) is 19.0. The molecule has 2 aliphatic rings. The largest absolute Gasteiger partial charge is 0.480 e. The van der Waals surface area contributed by atoms with E-state index in [1.165, 1.54) is 7.05 Å². The minimum Gasteiger partial charge on any atom is -0.480 e. The van der Waals surface area contributed by atoms with E-state index in [-0.39, 0.29) is 18.4 Å². The van der Waals surface area contributed by atoms with Crippen LogP contribution in [0.15, 0.2) is 0 Å². The van der Waals surface area contributed by atoms with Crippen LogP contribution in [0.3, 0.4) is 0 Å². The number of likely N-dealkylation sites (tertiary alicyclic amines) is 1. The van der Waals surface area contributed by atoms with Crippen molar-refractivity contribution in [2.75, 3.05) is 20.1 Å². The molecule has 2 fully saturated rings. The molecule has 2 rings (SSSR count). The summed E-state index contributed by atoms with van der Waals surface area (Å²) in [7, 11) is -2.54. The van der Waals surface area contributed by atoms with Gasteiger partial charge >= 0.3 is 12.1 Å². The Hall–Kier alpha value is -1.39. The molecule has 2 aliphatic heterocycles. The lowest BCUT2D eigenvalue weighted by Crippen LogP contribution is -2.60. The molecule has 10 heteroatoms. The smallest absolute Gasteiger partial charge is 0.410 e. The first-order chi connectivity index (χ1) is 11.4. The number of aliphatic carboxylic acids is 1. The van der Waals surface area contributed by atoms with Crippen molar-refractivity contribution in [1.82, 2.24) is 13.9 Å². The number of carbonyl (C=O) groups excluding carboxylic acids is 1. The molecule has 1 amide bonds. The van der Waals surface area contributed by atoms with Gasteiger partial charge in [-0.05, 0) is 46.0 Å². The Bertz CT molecular complexity index is 622. The average Bonchev–Trinajstić information content (AvgIpc) is 2.48. The fourth-order valence-electron chi connectivity index (χ4n) is 3.23. The van der Waals surface area contributed by atoms with E-state index in [1.807, 2.05) is 0 Å². The molecular weight excluding hydrogens is 350 g/mol. The van der Waals surface area contributed by atoms with Crippen LogP contribution < -0.4 is 4.72 Å². The number of carbonyl (C=O) groups is 2. The second kappa shape index (κ2) is 7.08. The molecule has 0 bridgehead atoms. The first-order valence-corrected chi connectivity index (χ1v) is 9.81. The minimum atomic E-state index is -3.81. The molecule has 0 spiro atoms. The predicted octanol–water partition coefficient (Wildman–Crippen LogP) is 0.625. The highest BCUT2D eigenvalue weighted by molar-refractivity contribution is 7.87. The number of ether oxygens (including phenoxy) is 1. The highest BCUT2D eigenvalue weighted by Crippen LogP contribution is 2.29. The van der Waals surface area contributed by atoms with E-state index >= 15 is 0 Å². The maximum Gasteiger partial charge on any atom is 0.410 e. The summed E-state index contributed by atoms with van der Waals surface area (Å²) in [4.78, 5) is 25.1. The SMILES string of the molecule is CN1C(C(=O)O)CC(C2CCN(C(=O)OC(C)(C)C)CC2)NS1(=O)=O. The molecular formula is C15H27N3O6S. The number of piperidine rings is 1. The van der Waals surface area contributed by atoms with E-state index in [9.17, 15) is 23.1 Å². The second-order valence-corrected chi connectivity index (χ2v) is 9.40. The molecule has 25 heavy (non-hydrogen) atoms. The fourth-order valence-corrected chi connectivity index (χ4v) is 4.58. The number of likely N-dealkylation sites (N-methyl/N-ethyl adjacent to an activating group) is 1. The van der Waals surface area contributed by atoms with Crippen molar-refractivity contribution in [3.05, 3.63) is 0 Å². The molecule has 2 unspecified atom stereocenters. The number of hydrogen-bond donors (Lipinski definition) is 2. The standard InChI is InChI=1S/C15H27N3O6S/c1-15(2,3)24-14(21)18-7-5-10(6-8-18)11-9-12(13(19)20)17(4)25(22,23)16-11/h10-12,16H,5-9H2,1-4H3,(H,19,20). The van der Waals surface area contributed by atoms with E-state index in [4.69, 9.17) is 4.74 Å². The zero-order valence-corrected chi connectivity index (χ0v) is 15.9. The van der Waals surface area contributed by atoms with Gasteiger partial charge in [0, 0.05) is 26.2 Å². The van der Waals surface area contributed by atoms with Crippen LogP contribution in [0.1, 0.15) is 40.0 Å². The van der Waals surface area contributed by atoms with Gasteiger partial charge in [-0.1, -0.05) is 0 Å². The Labute approximate surface area is 148 Å². The van der Waals surface area contributed by atoms with Crippen LogP contribution in [0, 0.1) is 5.92 Å². The minimum absolute atomic E-state index is 0.0102. The number of carboxylic acid groups (broad SMARTS) is 1. The van der Waals surface area contributed by atoms with Crippen molar-refractivity contribution in [2.45, 2.75) is 57.7 Å². The van der Waals surface area contributed by atoms with Gasteiger partial charge in [0.15, 0.2) is 0 Å². The van der Waals surface area contributed by atoms with Crippen LogP contribution in [-0.2, 0) is 19.7 Å². The maximum absolute atomic E-state index is 12.1. The third kappa shape index (κ3) is 4.83. The maximum atomic E-state index is 12.1. The third-order valence-corrected chi connectivity index (χ3v) is 6.25. The van der Waals surface area contributed by atoms with Gasteiger partial charge in [-0.2, -0.15) is 17.4 Å². The summed E-state index contributed by atoms with van der Waals surface area (Å²) in [5.74, 6) is -1.16. The first kappa shape index (κ1) is 19.9. The van der Waals surface area contributed by atoms with Gasteiger partial charge in [0.25, 0.3) is 10.2 Å². The Morgan fingerprint density at radius 1 is 1.20 bits per heavy atom. The highest BCUT2D eigenvalue weighted by Gasteiger charge is 2.43. The van der Waals surface area contributed by atoms with Gasteiger partial charge in [0.2, 0.25) is 0 Å². The monoisotopic (exact) mass is 377 g/mol. The lowest BCUT2D eigenvalue weighted by molar-refractivity contribution is -0.142. The van der Waals surface area contributed by atoms with Crippen LogP contribution in [0.4, 0.5) is 4.79 Å². The molecule has 2 heterocycles. The molecule has 2 atom stereocenters. The van der Waals surface area contributed by atoms with Crippen molar-refractivity contribution >= 4 is 22.3 Å². The van der Waals surface area contributed by atoms with E-state index in [2.05, 4.69) is 4.72 Å². The molecule has 2 N–H and O–H groups in total. The van der Waals surface area contributed by atoms with E-state index in [0.29, 0.717) is 25.9 Å². The molecule has 2 saturated heterocycles. The van der Waals surface area contributed by atoms with Gasteiger partial charge in [-0.15, -0.1) is 0 Å². The topological polar surface area (TPSA) is 116 Å². The van der Waals surface area contributed by atoms with Crippen LogP contribution >= 0.6 is 0 Å². The van der Waals surface area contributed by atoms with Crippen LogP contribution in [-0.4, -0.2) is 72.6 Å².